The summed E-state index contributed by atoms with van der Waals surface area (Å²) in [5.74, 6) is 0.980. The van der Waals surface area contributed by atoms with Crippen molar-refractivity contribution in [3.05, 3.63) is 42.1 Å². The predicted octanol–water partition coefficient (Wildman–Crippen LogP) is 1.17. The Morgan fingerprint density at radius 3 is 3.20 bits per heavy atom. The van der Waals surface area contributed by atoms with Gasteiger partial charge >= 0.3 is 0 Å². The predicted molar refractivity (Wildman–Crippen MR) is 72.8 cm³/mol. The summed E-state index contributed by atoms with van der Waals surface area (Å²) < 4.78 is 7.37. The highest BCUT2D eigenvalue weighted by Gasteiger charge is 2.27. The highest BCUT2D eigenvalue weighted by molar-refractivity contribution is 5.76. The van der Waals surface area contributed by atoms with Gasteiger partial charge in [-0.25, -0.2) is 0 Å². The highest BCUT2D eigenvalue weighted by atomic mass is 16.3. The van der Waals surface area contributed by atoms with Crippen molar-refractivity contribution in [2.45, 2.75) is 25.6 Å². The summed E-state index contributed by atoms with van der Waals surface area (Å²) >= 11 is 0. The lowest BCUT2D eigenvalue weighted by Crippen LogP contribution is -2.39. The average Bonchev–Trinajstić information content (AvgIpc) is 3.09. The minimum absolute atomic E-state index is 0.0382. The van der Waals surface area contributed by atoms with Crippen LogP contribution in [0.4, 0.5) is 0 Å². The van der Waals surface area contributed by atoms with Gasteiger partial charge in [0.2, 0.25) is 5.91 Å². The molecule has 0 saturated carbocycles. The van der Waals surface area contributed by atoms with Gasteiger partial charge in [-0.1, -0.05) is 0 Å². The van der Waals surface area contributed by atoms with E-state index < -0.39 is 0 Å². The van der Waals surface area contributed by atoms with Gasteiger partial charge in [-0.2, -0.15) is 5.10 Å². The van der Waals surface area contributed by atoms with Gasteiger partial charge in [0.15, 0.2) is 0 Å². The van der Waals surface area contributed by atoms with Crippen molar-refractivity contribution in [2.24, 2.45) is 0 Å². The number of amides is 1. The fourth-order valence-corrected chi connectivity index (χ4v) is 2.68. The van der Waals surface area contributed by atoms with E-state index in [0.717, 1.165) is 31.1 Å². The van der Waals surface area contributed by atoms with Crippen LogP contribution in [0.25, 0.3) is 0 Å². The van der Waals surface area contributed by atoms with Gasteiger partial charge in [0, 0.05) is 26.3 Å². The Kier molecular flexibility index (Phi) is 3.56. The molecule has 0 bridgehead atoms. The van der Waals surface area contributed by atoms with E-state index >= 15 is 0 Å². The zero-order valence-corrected chi connectivity index (χ0v) is 11.5. The number of hydrogen-bond acceptors (Lipinski definition) is 4. The van der Waals surface area contributed by atoms with Gasteiger partial charge in [0.25, 0.3) is 0 Å². The molecular weight excluding hydrogens is 256 g/mol. The number of furan rings is 1. The molecule has 1 aliphatic rings. The molecule has 0 saturated heterocycles. The number of aromatic nitrogens is 2. The van der Waals surface area contributed by atoms with Crippen molar-refractivity contribution in [1.29, 1.82) is 0 Å². The van der Waals surface area contributed by atoms with Gasteiger partial charge in [0.05, 0.1) is 31.0 Å². The molecule has 2 aromatic heterocycles. The third-order valence-electron chi connectivity index (χ3n) is 3.61. The third-order valence-corrected chi connectivity index (χ3v) is 3.61. The summed E-state index contributed by atoms with van der Waals surface area (Å²) in [4.78, 5) is 13.9. The van der Waals surface area contributed by atoms with E-state index in [2.05, 4.69) is 15.3 Å². The Morgan fingerprint density at radius 1 is 1.55 bits per heavy atom. The standard InChI is InChI=1S/C14H18N4O2/c1-15-14(19)7-12-9-17(10-13-3-2-6-20-13)8-11-4-5-16-18(11)12/h2-6,12H,7-10H2,1H3,(H,15,19)/t12-/m1/s1. The van der Waals surface area contributed by atoms with E-state index in [1.165, 1.54) is 0 Å². The Balaban J connectivity index is 1.75. The lowest BCUT2D eigenvalue weighted by Gasteiger charge is -2.33. The molecule has 2 aromatic rings. The molecule has 20 heavy (non-hydrogen) atoms. The van der Waals surface area contributed by atoms with Crippen LogP contribution in [-0.2, 0) is 17.9 Å². The maximum atomic E-state index is 11.6. The molecule has 0 fully saturated rings. The Labute approximate surface area is 117 Å². The van der Waals surface area contributed by atoms with Crippen molar-refractivity contribution >= 4 is 5.91 Å². The van der Waals surface area contributed by atoms with Gasteiger partial charge in [-0.15, -0.1) is 0 Å². The van der Waals surface area contributed by atoms with Crippen LogP contribution in [-0.4, -0.2) is 34.2 Å². The maximum Gasteiger partial charge on any atom is 0.221 e. The second-order valence-electron chi connectivity index (χ2n) is 5.05. The topological polar surface area (TPSA) is 63.3 Å². The van der Waals surface area contributed by atoms with Crippen LogP contribution in [0.5, 0.6) is 0 Å². The number of carbonyl (C=O) groups excluding carboxylic acids is 1. The van der Waals surface area contributed by atoms with Crippen molar-refractivity contribution < 1.29 is 9.21 Å². The van der Waals surface area contributed by atoms with Crippen LogP contribution in [0.3, 0.4) is 0 Å². The molecule has 0 aromatic carbocycles. The average molecular weight is 274 g/mol. The van der Waals surface area contributed by atoms with Crippen molar-refractivity contribution in [3.8, 4) is 0 Å². The third kappa shape index (κ3) is 2.60. The second kappa shape index (κ2) is 5.50. The number of fused-ring (bicyclic) bond motifs is 1. The molecule has 1 aliphatic heterocycles. The van der Waals surface area contributed by atoms with E-state index in [-0.39, 0.29) is 11.9 Å². The largest absolute Gasteiger partial charge is 0.468 e. The van der Waals surface area contributed by atoms with E-state index in [0.29, 0.717) is 6.42 Å². The molecule has 1 amide bonds. The fourth-order valence-electron chi connectivity index (χ4n) is 2.68. The zero-order chi connectivity index (χ0) is 13.9. The zero-order valence-electron chi connectivity index (χ0n) is 11.5. The fraction of sp³-hybridized carbons (Fsp3) is 0.429. The Morgan fingerprint density at radius 2 is 2.45 bits per heavy atom. The van der Waals surface area contributed by atoms with Crippen LogP contribution in [0.2, 0.25) is 0 Å². The minimum atomic E-state index is 0.0382. The number of nitrogens with zero attached hydrogens (tertiary/aromatic N) is 3. The van der Waals surface area contributed by atoms with Crippen LogP contribution in [0, 0.1) is 0 Å². The highest BCUT2D eigenvalue weighted by Crippen LogP contribution is 2.24. The monoisotopic (exact) mass is 274 g/mol. The number of hydrogen-bond donors (Lipinski definition) is 1. The lowest BCUT2D eigenvalue weighted by molar-refractivity contribution is -0.121. The normalized spacial score (nSPS) is 18.8. The first kappa shape index (κ1) is 12.9. The molecule has 106 valence electrons. The summed E-state index contributed by atoms with van der Waals surface area (Å²) in [6.07, 6.45) is 3.92. The smallest absolute Gasteiger partial charge is 0.221 e. The molecule has 3 rings (SSSR count). The molecule has 6 heteroatoms. The summed E-state index contributed by atoms with van der Waals surface area (Å²) in [5.41, 5.74) is 1.14. The molecule has 1 atom stereocenters. The first-order valence-electron chi connectivity index (χ1n) is 6.74. The van der Waals surface area contributed by atoms with Crippen LogP contribution >= 0.6 is 0 Å². The minimum Gasteiger partial charge on any atom is -0.468 e. The summed E-state index contributed by atoms with van der Waals surface area (Å²) in [7, 11) is 1.66. The first-order valence-corrected chi connectivity index (χ1v) is 6.74. The summed E-state index contributed by atoms with van der Waals surface area (Å²) in [5, 5.41) is 7.02. The number of carbonyl (C=O) groups is 1. The van der Waals surface area contributed by atoms with Crippen molar-refractivity contribution in [1.82, 2.24) is 20.0 Å². The quantitative estimate of drug-likeness (QED) is 0.909. The van der Waals surface area contributed by atoms with E-state index in [9.17, 15) is 4.79 Å². The number of nitrogens with one attached hydrogen (secondary N) is 1. The van der Waals surface area contributed by atoms with Gasteiger partial charge in [-0.05, 0) is 18.2 Å². The molecule has 0 radical (unpaired) electrons. The van der Waals surface area contributed by atoms with Crippen molar-refractivity contribution in [2.75, 3.05) is 13.6 Å². The molecule has 6 nitrogen and oxygen atoms in total. The van der Waals surface area contributed by atoms with Gasteiger partial charge in [0.1, 0.15) is 5.76 Å². The second-order valence-corrected chi connectivity index (χ2v) is 5.05. The van der Waals surface area contributed by atoms with Crippen molar-refractivity contribution in [3.63, 3.8) is 0 Å². The van der Waals surface area contributed by atoms with E-state index in [4.69, 9.17) is 4.42 Å². The summed E-state index contributed by atoms with van der Waals surface area (Å²) in [6, 6.07) is 5.94. The van der Waals surface area contributed by atoms with Crippen LogP contribution in [0.15, 0.2) is 35.1 Å². The SMILES string of the molecule is CNC(=O)C[C@@H]1CN(Cc2ccco2)Cc2ccnn21. The van der Waals surface area contributed by atoms with Gasteiger partial charge in [-0.3, -0.25) is 14.4 Å². The van der Waals surface area contributed by atoms with Crippen LogP contribution in [0.1, 0.15) is 23.9 Å². The van der Waals surface area contributed by atoms with E-state index in [1.807, 2.05) is 22.9 Å². The Hall–Kier alpha value is -2.08. The van der Waals surface area contributed by atoms with Gasteiger partial charge < -0.3 is 9.73 Å². The molecular formula is C14H18N4O2. The molecule has 0 aliphatic carbocycles. The molecule has 0 spiro atoms. The number of rotatable bonds is 4. The van der Waals surface area contributed by atoms with E-state index in [1.54, 1.807) is 19.5 Å². The lowest BCUT2D eigenvalue weighted by atomic mass is 10.1. The summed E-state index contributed by atoms with van der Waals surface area (Å²) in [6.45, 7) is 2.37. The molecule has 0 unspecified atom stereocenters. The maximum absolute atomic E-state index is 11.6. The van der Waals surface area contributed by atoms with Crippen LogP contribution < -0.4 is 5.32 Å². The molecule has 3 heterocycles. The Bertz CT molecular complexity index is 576. The first-order chi connectivity index (χ1) is 9.76. The molecule has 1 N–H and O–H groups in total.